The third-order valence-corrected chi connectivity index (χ3v) is 7.79. The molecule has 2 aliphatic carbocycles. The molecule has 1 amide bonds. The Balaban J connectivity index is 1.24. The van der Waals surface area contributed by atoms with Gasteiger partial charge in [-0.2, -0.15) is 0 Å². The number of hydrogen-bond donors (Lipinski definition) is 0. The summed E-state index contributed by atoms with van der Waals surface area (Å²) in [6.07, 6.45) is 8.98. The van der Waals surface area contributed by atoms with Crippen molar-refractivity contribution >= 4 is 17.7 Å². The third-order valence-electron chi connectivity index (χ3n) is 6.84. The lowest BCUT2D eigenvalue weighted by Gasteiger charge is -2.41. The minimum absolute atomic E-state index is 0.265. The highest BCUT2D eigenvalue weighted by Gasteiger charge is 2.33. The van der Waals surface area contributed by atoms with Crippen LogP contribution in [0, 0.1) is 11.8 Å². The fourth-order valence-electron chi connectivity index (χ4n) is 5.01. The van der Waals surface area contributed by atoms with Gasteiger partial charge in [0.1, 0.15) is 5.82 Å². The van der Waals surface area contributed by atoms with Crippen LogP contribution in [0.3, 0.4) is 0 Å². The van der Waals surface area contributed by atoms with E-state index in [4.69, 9.17) is 0 Å². The smallest absolute Gasteiger partial charge is 0.233 e. The summed E-state index contributed by atoms with van der Waals surface area (Å²) in [5.74, 6) is 3.95. The summed E-state index contributed by atoms with van der Waals surface area (Å²) < 4.78 is 2.23. The second-order valence-corrected chi connectivity index (χ2v) is 9.85. The van der Waals surface area contributed by atoms with E-state index in [0.717, 1.165) is 42.5 Å². The van der Waals surface area contributed by atoms with Gasteiger partial charge in [-0.15, -0.1) is 10.2 Å². The van der Waals surface area contributed by atoms with Crippen molar-refractivity contribution in [2.75, 3.05) is 18.8 Å². The quantitative estimate of drug-likeness (QED) is 0.665. The van der Waals surface area contributed by atoms with E-state index in [0.29, 0.717) is 11.7 Å². The number of piperidine rings is 1. The number of likely N-dealkylation sites (tertiary alicyclic amines) is 1. The standard InChI is InChI=1S/C23H30N4OS/c28-21(26-13-12-18-8-4-5-9-20(18)15-26)16-29-23-25-24-22(19-10-11-19)27(23)14-17-6-2-1-3-7-17/h1-3,6-7,18-20H,4-5,8-16H2/t18-,20+/m1/s1. The van der Waals surface area contributed by atoms with Crippen LogP contribution >= 0.6 is 11.8 Å². The Morgan fingerprint density at radius 1 is 1.00 bits per heavy atom. The number of nitrogens with zero attached hydrogens (tertiary/aromatic N) is 4. The lowest BCUT2D eigenvalue weighted by Crippen LogP contribution is -2.45. The van der Waals surface area contributed by atoms with Crippen molar-refractivity contribution in [3.8, 4) is 0 Å². The summed E-state index contributed by atoms with van der Waals surface area (Å²) in [6, 6.07) is 10.5. The molecule has 154 valence electrons. The summed E-state index contributed by atoms with van der Waals surface area (Å²) >= 11 is 1.56. The highest BCUT2D eigenvalue weighted by Crippen LogP contribution is 2.40. The second-order valence-electron chi connectivity index (χ2n) is 8.91. The second kappa shape index (κ2) is 8.50. The van der Waals surface area contributed by atoms with Gasteiger partial charge >= 0.3 is 0 Å². The van der Waals surface area contributed by atoms with E-state index in [9.17, 15) is 4.79 Å². The first-order chi connectivity index (χ1) is 14.3. The Kier molecular flexibility index (Phi) is 5.62. The van der Waals surface area contributed by atoms with E-state index in [2.05, 4.69) is 43.9 Å². The van der Waals surface area contributed by atoms with Crippen molar-refractivity contribution in [2.45, 2.75) is 62.6 Å². The summed E-state index contributed by atoms with van der Waals surface area (Å²) in [5, 5.41) is 9.83. The lowest BCUT2D eigenvalue weighted by molar-refractivity contribution is -0.131. The summed E-state index contributed by atoms with van der Waals surface area (Å²) in [5.41, 5.74) is 1.25. The molecule has 2 atom stereocenters. The molecule has 5 nitrogen and oxygen atoms in total. The first-order valence-electron chi connectivity index (χ1n) is 11.2. The number of rotatable bonds is 6. The van der Waals surface area contributed by atoms with E-state index in [1.807, 2.05) is 6.07 Å². The van der Waals surface area contributed by atoms with Crippen LogP contribution in [0.15, 0.2) is 35.5 Å². The van der Waals surface area contributed by atoms with Crippen LogP contribution in [0.4, 0.5) is 0 Å². The first kappa shape index (κ1) is 19.2. The number of benzene rings is 1. The Bertz CT molecular complexity index is 848. The molecule has 29 heavy (non-hydrogen) atoms. The lowest BCUT2D eigenvalue weighted by atomic mass is 9.75. The van der Waals surface area contributed by atoms with E-state index >= 15 is 0 Å². The van der Waals surface area contributed by atoms with Gasteiger partial charge in [0, 0.05) is 19.0 Å². The molecule has 2 saturated carbocycles. The van der Waals surface area contributed by atoms with Crippen LogP contribution in [-0.4, -0.2) is 44.4 Å². The molecule has 5 rings (SSSR count). The molecule has 2 aromatic rings. The first-order valence-corrected chi connectivity index (χ1v) is 12.1. The molecule has 3 fully saturated rings. The fraction of sp³-hybridized carbons (Fsp3) is 0.609. The third kappa shape index (κ3) is 4.37. The van der Waals surface area contributed by atoms with Crippen molar-refractivity contribution in [3.05, 3.63) is 41.7 Å². The number of carbonyl (C=O) groups is 1. The molecule has 0 radical (unpaired) electrons. The van der Waals surface area contributed by atoms with Crippen LogP contribution in [0.2, 0.25) is 0 Å². The maximum Gasteiger partial charge on any atom is 0.233 e. The van der Waals surface area contributed by atoms with E-state index in [1.54, 1.807) is 11.8 Å². The van der Waals surface area contributed by atoms with Gasteiger partial charge in [0.05, 0.1) is 12.3 Å². The SMILES string of the molecule is O=C(CSc1nnc(C2CC2)n1Cc1ccccc1)N1CC[C@H]2CCCC[C@H]2C1. The molecule has 0 unspecified atom stereocenters. The van der Waals surface area contributed by atoms with Crippen molar-refractivity contribution in [2.24, 2.45) is 11.8 Å². The van der Waals surface area contributed by atoms with Gasteiger partial charge in [0.2, 0.25) is 5.91 Å². The van der Waals surface area contributed by atoms with Gasteiger partial charge < -0.3 is 9.47 Å². The van der Waals surface area contributed by atoms with Crippen molar-refractivity contribution in [1.82, 2.24) is 19.7 Å². The fourth-order valence-corrected chi connectivity index (χ4v) is 5.86. The maximum absolute atomic E-state index is 12.9. The molecule has 1 aliphatic heterocycles. The van der Waals surface area contributed by atoms with E-state index < -0.39 is 0 Å². The summed E-state index contributed by atoms with van der Waals surface area (Å²) in [4.78, 5) is 15.0. The van der Waals surface area contributed by atoms with Crippen LogP contribution in [0.25, 0.3) is 0 Å². The minimum atomic E-state index is 0.265. The van der Waals surface area contributed by atoms with Gasteiger partial charge in [-0.25, -0.2) is 0 Å². The van der Waals surface area contributed by atoms with E-state index in [1.165, 1.54) is 50.5 Å². The molecule has 0 spiro atoms. The molecule has 0 N–H and O–H groups in total. The van der Waals surface area contributed by atoms with Gasteiger partial charge in [0.15, 0.2) is 5.16 Å². The zero-order valence-corrected chi connectivity index (χ0v) is 17.8. The van der Waals surface area contributed by atoms with Crippen LogP contribution in [-0.2, 0) is 11.3 Å². The molecular formula is C23H30N4OS. The number of thioether (sulfide) groups is 1. The topological polar surface area (TPSA) is 51.0 Å². The molecule has 0 bridgehead atoms. The maximum atomic E-state index is 12.9. The van der Waals surface area contributed by atoms with Crippen LogP contribution < -0.4 is 0 Å². The van der Waals surface area contributed by atoms with Crippen molar-refractivity contribution < 1.29 is 4.79 Å². The average molecular weight is 411 g/mol. The molecule has 1 saturated heterocycles. The summed E-state index contributed by atoms with van der Waals surface area (Å²) in [6.45, 7) is 2.68. The number of aromatic nitrogens is 3. The van der Waals surface area contributed by atoms with Gasteiger partial charge in [-0.3, -0.25) is 4.79 Å². The zero-order valence-electron chi connectivity index (χ0n) is 17.0. The Morgan fingerprint density at radius 3 is 2.59 bits per heavy atom. The normalized spacial score (nSPS) is 24.3. The highest BCUT2D eigenvalue weighted by atomic mass is 32.2. The Labute approximate surface area is 177 Å². The number of fused-ring (bicyclic) bond motifs is 1. The van der Waals surface area contributed by atoms with E-state index in [-0.39, 0.29) is 5.91 Å². The van der Waals surface area contributed by atoms with Gasteiger partial charge in [0.25, 0.3) is 0 Å². The highest BCUT2D eigenvalue weighted by molar-refractivity contribution is 7.99. The van der Waals surface area contributed by atoms with Crippen LogP contribution in [0.5, 0.6) is 0 Å². The number of hydrogen-bond acceptors (Lipinski definition) is 4. The van der Waals surface area contributed by atoms with Gasteiger partial charge in [-0.1, -0.05) is 61.4 Å². The van der Waals surface area contributed by atoms with Crippen molar-refractivity contribution in [3.63, 3.8) is 0 Å². The van der Waals surface area contributed by atoms with Crippen LogP contribution in [0.1, 0.15) is 62.3 Å². The number of amides is 1. The largest absolute Gasteiger partial charge is 0.342 e. The molecule has 2 heterocycles. The molecule has 1 aromatic heterocycles. The molecule has 3 aliphatic rings. The molecule has 1 aromatic carbocycles. The number of carbonyl (C=O) groups excluding carboxylic acids is 1. The van der Waals surface area contributed by atoms with Gasteiger partial charge in [-0.05, 0) is 43.1 Å². The predicted octanol–water partition coefficient (Wildman–Crippen LogP) is 4.33. The van der Waals surface area contributed by atoms with Crippen molar-refractivity contribution in [1.29, 1.82) is 0 Å². The molecular weight excluding hydrogens is 380 g/mol. The minimum Gasteiger partial charge on any atom is -0.342 e. The molecule has 6 heteroatoms. The monoisotopic (exact) mass is 410 g/mol. The Hall–Kier alpha value is -1.82. The average Bonchev–Trinajstić information content (AvgIpc) is 3.54. The predicted molar refractivity (Wildman–Crippen MR) is 115 cm³/mol. The Morgan fingerprint density at radius 2 is 1.79 bits per heavy atom. The summed E-state index contributed by atoms with van der Waals surface area (Å²) in [7, 11) is 0. The zero-order chi connectivity index (χ0) is 19.6.